The van der Waals surface area contributed by atoms with E-state index in [1.54, 1.807) is 0 Å². The Morgan fingerprint density at radius 2 is 2.06 bits per heavy atom. The van der Waals surface area contributed by atoms with Gasteiger partial charge in [-0.1, -0.05) is 6.08 Å². The van der Waals surface area contributed by atoms with Crippen molar-refractivity contribution in [3.05, 3.63) is 32.9 Å². The highest BCUT2D eigenvalue weighted by Gasteiger charge is 2.21. The molecule has 0 radical (unpaired) electrons. The summed E-state index contributed by atoms with van der Waals surface area (Å²) in [5.41, 5.74) is 1.32. The lowest BCUT2D eigenvalue weighted by Crippen LogP contribution is -2.44. The molecular weight excluding hydrogens is 355 g/mol. The Balaban J connectivity index is 0.00000144. The standard InChI is InChI=1S/C12H17BrN2S.2ClH/c1-3-10(15-6-4-14-5-7-15)11-8-9(2)12(13)16-11;;/h3,8,10,14H,1,4-7H2,2H3;2*1H/t10-;;/m0../s1. The Morgan fingerprint density at radius 1 is 1.44 bits per heavy atom. The van der Waals surface area contributed by atoms with Crippen molar-refractivity contribution in [2.24, 2.45) is 0 Å². The third-order valence-electron chi connectivity index (χ3n) is 2.94. The minimum atomic E-state index is 0. The van der Waals surface area contributed by atoms with Crippen molar-refractivity contribution in [1.29, 1.82) is 0 Å². The topological polar surface area (TPSA) is 15.3 Å². The summed E-state index contributed by atoms with van der Waals surface area (Å²) in [6, 6.07) is 2.64. The van der Waals surface area contributed by atoms with Gasteiger partial charge in [0.2, 0.25) is 0 Å². The molecule has 18 heavy (non-hydrogen) atoms. The van der Waals surface area contributed by atoms with Crippen LogP contribution in [0, 0.1) is 6.92 Å². The van der Waals surface area contributed by atoms with Crippen molar-refractivity contribution in [2.75, 3.05) is 26.2 Å². The maximum atomic E-state index is 3.98. The largest absolute Gasteiger partial charge is 0.314 e. The van der Waals surface area contributed by atoms with Gasteiger partial charge in [0.25, 0.3) is 0 Å². The van der Waals surface area contributed by atoms with Crippen molar-refractivity contribution in [3.8, 4) is 0 Å². The third kappa shape index (κ3) is 4.22. The first-order valence-electron chi connectivity index (χ1n) is 5.55. The maximum Gasteiger partial charge on any atom is 0.0731 e. The van der Waals surface area contributed by atoms with Gasteiger partial charge in [-0.05, 0) is 34.5 Å². The van der Waals surface area contributed by atoms with Gasteiger partial charge >= 0.3 is 0 Å². The second-order valence-electron chi connectivity index (χ2n) is 4.07. The molecule has 1 saturated heterocycles. The summed E-state index contributed by atoms with van der Waals surface area (Å²) in [5, 5.41) is 3.38. The number of aryl methyl sites for hydroxylation is 1. The van der Waals surface area contributed by atoms with E-state index in [-0.39, 0.29) is 24.8 Å². The van der Waals surface area contributed by atoms with E-state index in [0.29, 0.717) is 6.04 Å². The first-order chi connectivity index (χ1) is 7.72. The van der Waals surface area contributed by atoms with Crippen LogP contribution >= 0.6 is 52.1 Å². The van der Waals surface area contributed by atoms with Crippen LogP contribution in [-0.2, 0) is 0 Å². The average Bonchev–Trinajstić information content (AvgIpc) is 2.61. The summed E-state index contributed by atoms with van der Waals surface area (Å²) in [6.07, 6.45) is 2.06. The Morgan fingerprint density at radius 3 is 2.50 bits per heavy atom. The highest BCUT2D eigenvalue weighted by molar-refractivity contribution is 9.11. The number of rotatable bonds is 3. The molecule has 0 amide bonds. The molecule has 1 aromatic heterocycles. The molecular formula is C12H19BrCl2N2S. The summed E-state index contributed by atoms with van der Waals surface area (Å²) < 4.78 is 1.24. The molecule has 1 N–H and O–H groups in total. The molecule has 104 valence electrons. The summed E-state index contributed by atoms with van der Waals surface area (Å²) in [5.74, 6) is 0. The van der Waals surface area contributed by atoms with Crippen LogP contribution in [-0.4, -0.2) is 31.1 Å². The Kier molecular flexibility index (Phi) is 8.76. The van der Waals surface area contributed by atoms with Gasteiger partial charge < -0.3 is 5.32 Å². The Bertz CT molecular complexity index is 359. The molecule has 0 spiro atoms. The van der Waals surface area contributed by atoms with E-state index in [0.717, 1.165) is 26.2 Å². The van der Waals surface area contributed by atoms with Gasteiger partial charge in [0.1, 0.15) is 0 Å². The molecule has 0 unspecified atom stereocenters. The predicted molar refractivity (Wildman–Crippen MR) is 88.6 cm³/mol. The van der Waals surface area contributed by atoms with Crippen LogP contribution in [0.25, 0.3) is 0 Å². The van der Waals surface area contributed by atoms with Gasteiger partial charge in [0.05, 0.1) is 9.83 Å². The first-order valence-corrected chi connectivity index (χ1v) is 7.16. The van der Waals surface area contributed by atoms with E-state index in [2.05, 4.69) is 51.8 Å². The highest BCUT2D eigenvalue weighted by Crippen LogP contribution is 2.34. The van der Waals surface area contributed by atoms with Crippen molar-refractivity contribution >= 4 is 52.1 Å². The smallest absolute Gasteiger partial charge is 0.0731 e. The number of hydrogen-bond donors (Lipinski definition) is 1. The fraction of sp³-hybridized carbons (Fsp3) is 0.500. The van der Waals surface area contributed by atoms with Crippen molar-refractivity contribution in [2.45, 2.75) is 13.0 Å². The van der Waals surface area contributed by atoms with Crippen LogP contribution in [0.1, 0.15) is 16.5 Å². The third-order valence-corrected chi connectivity index (χ3v) is 5.14. The number of hydrogen-bond acceptors (Lipinski definition) is 3. The number of nitrogens with zero attached hydrogens (tertiary/aromatic N) is 1. The summed E-state index contributed by atoms with van der Waals surface area (Å²) in [6.45, 7) is 10.5. The second kappa shape index (κ2) is 8.56. The molecule has 1 aliphatic heterocycles. The van der Waals surface area contributed by atoms with E-state index in [9.17, 15) is 0 Å². The molecule has 1 fully saturated rings. The zero-order chi connectivity index (χ0) is 11.5. The van der Waals surface area contributed by atoms with E-state index in [1.165, 1.54) is 14.2 Å². The molecule has 2 nitrogen and oxygen atoms in total. The molecule has 1 aromatic rings. The molecule has 0 aliphatic carbocycles. The van der Waals surface area contributed by atoms with Crippen LogP contribution in [0.4, 0.5) is 0 Å². The van der Waals surface area contributed by atoms with E-state index >= 15 is 0 Å². The van der Waals surface area contributed by atoms with Crippen LogP contribution in [0.3, 0.4) is 0 Å². The molecule has 0 saturated carbocycles. The lowest BCUT2D eigenvalue weighted by molar-refractivity contribution is 0.206. The molecule has 1 aliphatic rings. The highest BCUT2D eigenvalue weighted by atomic mass is 79.9. The number of piperazine rings is 1. The van der Waals surface area contributed by atoms with Crippen LogP contribution in [0.15, 0.2) is 22.5 Å². The minimum Gasteiger partial charge on any atom is -0.314 e. The molecule has 2 heterocycles. The van der Waals surface area contributed by atoms with Gasteiger partial charge in [-0.25, -0.2) is 0 Å². The van der Waals surface area contributed by atoms with E-state index < -0.39 is 0 Å². The normalized spacial score (nSPS) is 17.4. The van der Waals surface area contributed by atoms with Gasteiger partial charge in [0, 0.05) is 31.1 Å². The number of halogens is 3. The maximum absolute atomic E-state index is 3.98. The van der Waals surface area contributed by atoms with Crippen LogP contribution < -0.4 is 5.32 Å². The van der Waals surface area contributed by atoms with Crippen molar-refractivity contribution in [1.82, 2.24) is 10.2 Å². The van der Waals surface area contributed by atoms with E-state index in [4.69, 9.17) is 0 Å². The quantitative estimate of drug-likeness (QED) is 0.810. The Labute approximate surface area is 134 Å². The van der Waals surface area contributed by atoms with Crippen molar-refractivity contribution < 1.29 is 0 Å². The van der Waals surface area contributed by atoms with Gasteiger partial charge in [-0.3, -0.25) is 4.90 Å². The fourth-order valence-electron chi connectivity index (χ4n) is 2.03. The Hall–Kier alpha value is 0.420. The number of thiophene rings is 1. The van der Waals surface area contributed by atoms with E-state index in [1.807, 2.05) is 11.3 Å². The van der Waals surface area contributed by atoms with Gasteiger partial charge in [-0.2, -0.15) is 0 Å². The zero-order valence-electron chi connectivity index (χ0n) is 10.3. The summed E-state index contributed by atoms with van der Waals surface area (Å²) in [7, 11) is 0. The lowest BCUT2D eigenvalue weighted by atomic mass is 10.1. The minimum absolute atomic E-state index is 0. The lowest BCUT2D eigenvalue weighted by Gasteiger charge is -2.32. The van der Waals surface area contributed by atoms with Crippen LogP contribution in [0.5, 0.6) is 0 Å². The number of nitrogens with one attached hydrogen (secondary N) is 1. The van der Waals surface area contributed by atoms with Gasteiger partial charge in [0.15, 0.2) is 0 Å². The fourth-order valence-corrected chi connectivity index (χ4v) is 3.74. The molecule has 0 bridgehead atoms. The van der Waals surface area contributed by atoms with Gasteiger partial charge in [-0.15, -0.1) is 42.7 Å². The molecule has 6 heteroatoms. The summed E-state index contributed by atoms with van der Waals surface area (Å²) >= 11 is 5.41. The van der Waals surface area contributed by atoms with Crippen LogP contribution in [0.2, 0.25) is 0 Å². The average molecular weight is 374 g/mol. The zero-order valence-corrected chi connectivity index (χ0v) is 14.4. The molecule has 0 aromatic carbocycles. The SMILES string of the molecule is C=C[C@@H](c1cc(C)c(Br)s1)N1CCNCC1.Cl.Cl. The second-order valence-corrected chi connectivity index (χ2v) is 6.47. The molecule has 1 atom stereocenters. The summed E-state index contributed by atoms with van der Waals surface area (Å²) in [4.78, 5) is 3.88. The molecule has 2 rings (SSSR count). The predicted octanol–water partition coefficient (Wildman–Crippen LogP) is 3.79. The monoisotopic (exact) mass is 372 g/mol. The first kappa shape index (κ1) is 18.4. The van der Waals surface area contributed by atoms with Crippen molar-refractivity contribution in [3.63, 3.8) is 0 Å².